The van der Waals surface area contributed by atoms with Crippen LogP contribution in [0.5, 0.6) is 0 Å². The van der Waals surface area contributed by atoms with Gasteiger partial charge in [-0.1, -0.05) is 32.8 Å². The molecule has 1 fully saturated rings. The number of nitrogens with one attached hydrogen (secondary N) is 1. The number of nitriles is 1. The highest BCUT2D eigenvalue weighted by molar-refractivity contribution is 6.46. The van der Waals surface area contributed by atoms with Crippen molar-refractivity contribution in [3.63, 3.8) is 0 Å². The van der Waals surface area contributed by atoms with Crippen LogP contribution in [0.3, 0.4) is 0 Å². The first-order chi connectivity index (χ1) is 13.6. The first-order valence-corrected chi connectivity index (χ1v) is 9.25. The number of nitrogens with two attached hydrogens (primary N) is 1. The van der Waals surface area contributed by atoms with Gasteiger partial charge in [-0.2, -0.15) is 5.10 Å². The summed E-state index contributed by atoms with van der Waals surface area (Å²) >= 11 is 0. The fourth-order valence-electron chi connectivity index (χ4n) is 3.10. The summed E-state index contributed by atoms with van der Waals surface area (Å²) in [5, 5.41) is 32.6. The molecule has 1 radical (unpaired) electrons. The van der Waals surface area contributed by atoms with E-state index in [0.29, 0.717) is 34.1 Å². The molecule has 1 aliphatic carbocycles. The second-order valence-electron chi connectivity index (χ2n) is 6.00. The number of aromatic nitrogens is 2. The quantitative estimate of drug-likeness (QED) is 0.560. The molecule has 1 aliphatic rings. The van der Waals surface area contributed by atoms with Crippen LogP contribution in [0.1, 0.15) is 61.5 Å². The van der Waals surface area contributed by atoms with Gasteiger partial charge in [-0.05, 0) is 36.0 Å². The third kappa shape index (κ3) is 5.58. The molecule has 2 aromatic rings. The average molecular weight is 384 g/mol. The molecular formula is C19H27BN5O3. The molecule has 0 aliphatic heterocycles. The Morgan fingerprint density at radius 2 is 2.04 bits per heavy atom. The van der Waals surface area contributed by atoms with Crippen LogP contribution < -0.4 is 16.5 Å². The maximum atomic E-state index is 11.7. The molecule has 9 heteroatoms. The van der Waals surface area contributed by atoms with Crippen molar-refractivity contribution >= 4 is 30.4 Å². The van der Waals surface area contributed by atoms with Gasteiger partial charge in [-0.15, -0.1) is 0 Å². The molecule has 1 aromatic heterocycles. The number of hydrogen-bond acceptors (Lipinski definition) is 6. The van der Waals surface area contributed by atoms with E-state index in [1.807, 2.05) is 18.5 Å². The van der Waals surface area contributed by atoms with Crippen molar-refractivity contribution in [2.75, 3.05) is 5.32 Å². The van der Waals surface area contributed by atoms with E-state index in [1.54, 1.807) is 24.4 Å². The van der Waals surface area contributed by atoms with Gasteiger partial charge in [-0.3, -0.25) is 9.48 Å². The molecule has 1 aromatic carbocycles. The van der Waals surface area contributed by atoms with Gasteiger partial charge < -0.3 is 21.2 Å². The van der Waals surface area contributed by atoms with Gasteiger partial charge in [0.1, 0.15) is 5.56 Å². The lowest BCUT2D eigenvalue weighted by molar-refractivity contribution is 0.100. The summed E-state index contributed by atoms with van der Waals surface area (Å²) in [5.41, 5.74) is 7.57. The zero-order chi connectivity index (χ0) is 21.1. The Balaban J connectivity index is 0.000000921. The van der Waals surface area contributed by atoms with Crippen molar-refractivity contribution in [3.05, 3.63) is 35.5 Å². The summed E-state index contributed by atoms with van der Waals surface area (Å²) in [7, 11) is 0.943. The predicted octanol–water partition coefficient (Wildman–Crippen LogP) is 1.74. The zero-order valence-electron chi connectivity index (χ0n) is 16.3. The molecule has 1 saturated carbocycles. The van der Waals surface area contributed by atoms with E-state index in [2.05, 4.69) is 17.0 Å². The molecule has 0 saturated heterocycles. The second-order valence-corrected chi connectivity index (χ2v) is 6.00. The van der Waals surface area contributed by atoms with E-state index in [-0.39, 0.29) is 6.61 Å². The standard InChI is InChI=1S/C16H20BN4O3.C2H6.CHN/c18-15(23)13-8-21(12-3-1-2-4-12)20-16(13)19-11-5-6-14(17-24)10(7-11)9-22;2*1-2/h5-8,12,22,24H,1-4,9H2,(H2,18,23)(H,19,20);1-2H3;1H. The van der Waals surface area contributed by atoms with Crippen LogP contribution in [0.2, 0.25) is 0 Å². The van der Waals surface area contributed by atoms with Gasteiger partial charge in [0.15, 0.2) is 5.82 Å². The number of carbonyl (C=O) groups is 1. The van der Waals surface area contributed by atoms with Gasteiger partial charge in [0, 0.05) is 18.5 Å². The lowest BCUT2D eigenvalue weighted by Crippen LogP contribution is -2.19. The third-order valence-electron chi connectivity index (χ3n) is 4.41. The Morgan fingerprint density at radius 3 is 2.57 bits per heavy atom. The Morgan fingerprint density at radius 1 is 1.39 bits per heavy atom. The van der Waals surface area contributed by atoms with Gasteiger partial charge >= 0.3 is 7.48 Å². The van der Waals surface area contributed by atoms with Gasteiger partial charge in [0.05, 0.1) is 12.6 Å². The summed E-state index contributed by atoms with van der Waals surface area (Å²) in [6, 6.07) is 5.41. The van der Waals surface area contributed by atoms with Crippen molar-refractivity contribution in [1.29, 1.82) is 5.26 Å². The van der Waals surface area contributed by atoms with E-state index in [9.17, 15) is 9.90 Å². The number of hydrogen-bond donors (Lipinski definition) is 4. The molecule has 0 spiro atoms. The van der Waals surface area contributed by atoms with E-state index >= 15 is 0 Å². The number of benzene rings is 1. The Bertz CT molecular complexity index is 785. The number of amides is 1. The molecule has 3 rings (SSSR count). The normalized spacial score (nSPS) is 12.9. The number of anilines is 2. The van der Waals surface area contributed by atoms with Crippen LogP contribution >= 0.6 is 0 Å². The Labute approximate surface area is 166 Å². The Hall–Kier alpha value is -2.83. The molecular weight excluding hydrogens is 357 g/mol. The number of primary amides is 1. The zero-order valence-corrected chi connectivity index (χ0v) is 16.3. The first kappa shape index (κ1) is 23.2. The lowest BCUT2D eigenvalue weighted by atomic mass is 9.84. The highest BCUT2D eigenvalue weighted by atomic mass is 16.3. The third-order valence-corrected chi connectivity index (χ3v) is 4.41. The minimum atomic E-state index is -0.538. The van der Waals surface area contributed by atoms with E-state index in [4.69, 9.17) is 16.0 Å². The summed E-state index contributed by atoms with van der Waals surface area (Å²) in [5.74, 6) is -0.136. The molecule has 0 bridgehead atoms. The first-order valence-electron chi connectivity index (χ1n) is 9.25. The monoisotopic (exact) mass is 384 g/mol. The largest absolute Gasteiger partial charge is 0.450 e. The molecule has 149 valence electrons. The van der Waals surface area contributed by atoms with E-state index < -0.39 is 5.91 Å². The molecule has 0 atom stereocenters. The smallest absolute Gasteiger partial charge is 0.327 e. The minimum Gasteiger partial charge on any atom is -0.450 e. The fraction of sp³-hybridized carbons (Fsp3) is 0.421. The van der Waals surface area contributed by atoms with Crippen molar-refractivity contribution < 1.29 is 14.9 Å². The maximum absolute atomic E-state index is 11.7. The highest BCUT2D eigenvalue weighted by Gasteiger charge is 2.22. The summed E-state index contributed by atoms with van der Waals surface area (Å²) < 4.78 is 1.82. The molecule has 5 N–H and O–H groups in total. The van der Waals surface area contributed by atoms with Crippen molar-refractivity contribution in [1.82, 2.24) is 9.78 Å². The van der Waals surface area contributed by atoms with Crippen LogP contribution in [0.25, 0.3) is 0 Å². The summed E-state index contributed by atoms with van der Waals surface area (Å²) in [6.07, 6.45) is 6.13. The molecule has 0 unspecified atom stereocenters. The highest BCUT2D eigenvalue weighted by Crippen LogP contribution is 2.31. The second kappa shape index (κ2) is 11.8. The SMILES string of the molecule is C#N.CC.NC(=O)c1cn(C2CCCC2)nc1Nc1ccc([B]O)c(CO)c1. The number of aliphatic hydroxyl groups excluding tert-OH is 1. The van der Waals surface area contributed by atoms with Crippen molar-refractivity contribution in [2.45, 2.75) is 52.2 Å². The number of aliphatic hydroxyl groups is 1. The van der Waals surface area contributed by atoms with Crippen LogP contribution in [-0.2, 0) is 6.61 Å². The van der Waals surface area contributed by atoms with Crippen LogP contribution in [0, 0.1) is 11.8 Å². The van der Waals surface area contributed by atoms with Crippen LogP contribution in [0.15, 0.2) is 24.4 Å². The van der Waals surface area contributed by atoms with E-state index in [1.165, 1.54) is 0 Å². The Kier molecular flexibility index (Phi) is 9.78. The summed E-state index contributed by atoms with van der Waals surface area (Å²) in [6.45, 7) is 7.29. The van der Waals surface area contributed by atoms with Gasteiger partial charge in [0.25, 0.3) is 5.91 Å². The van der Waals surface area contributed by atoms with Crippen molar-refractivity contribution in [3.8, 4) is 6.57 Å². The predicted molar refractivity (Wildman–Crippen MR) is 110 cm³/mol. The molecule has 8 nitrogen and oxygen atoms in total. The number of carbonyl (C=O) groups excluding carboxylic acids is 1. The number of rotatable bonds is 6. The lowest BCUT2D eigenvalue weighted by Gasteiger charge is -2.10. The minimum absolute atomic E-state index is 0.207. The summed E-state index contributed by atoms with van der Waals surface area (Å²) in [4.78, 5) is 11.7. The molecule has 1 heterocycles. The van der Waals surface area contributed by atoms with Gasteiger partial charge in [0.2, 0.25) is 0 Å². The van der Waals surface area contributed by atoms with Crippen molar-refractivity contribution in [2.24, 2.45) is 5.73 Å². The number of nitrogens with zero attached hydrogens (tertiary/aromatic N) is 3. The average Bonchev–Trinajstić information content (AvgIpc) is 3.41. The van der Waals surface area contributed by atoms with E-state index in [0.717, 1.165) is 33.2 Å². The maximum Gasteiger partial charge on any atom is 0.327 e. The fourth-order valence-corrected chi connectivity index (χ4v) is 3.10. The van der Waals surface area contributed by atoms with Crippen LogP contribution in [-0.4, -0.2) is 33.3 Å². The van der Waals surface area contributed by atoms with Gasteiger partial charge in [-0.25, -0.2) is 5.26 Å². The molecule has 1 amide bonds. The molecule has 28 heavy (non-hydrogen) atoms. The topological polar surface area (TPSA) is 137 Å². The van der Waals surface area contributed by atoms with Crippen LogP contribution in [0.4, 0.5) is 11.5 Å².